The molecule has 1 aliphatic heterocycles. The smallest absolute Gasteiger partial charge is 0.257 e. The molecule has 2 atom stereocenters. The number of halogens is 1. The van der Waals surface area contributed by atoms with Gasteiger partial charge in [-0.05, 0) is 25.0 Å². The van der Waals surface area contributed by atoms with E-state index in [4.69, 9.17) is 0 Å². The molecule has 1 aromatic carbocycles. The number of carbonyl (C=O) groups excluding carboxylic acids is 1. The quantitative estimate of drug-likeness (QED) is 0.889. The minimum Gasteiger partial charge on any atom is -0.333 e. The van der Waals surface area contributed by atoms with Crippen molar-refractivity contribution in [1.29, 1.82) is 0 Å². The summed E-state index contributed by atoms with van der Waals surface area (Å²) >= 11 is 0. The molecule has 1 N–H and O–H groups in total. The monoisotopic (exact) mass is 264 g/mol. The Morgan fingerprint density at radius 1 is 1.42 bits per heavy atom. The molecule has 1 aliphatic rings. The fourth-order valence-corrected chi connectivity index (χ4v) is 2.41. The Kier molecular flexibility index (Phi) is 4.20. The molecule has 3 nitrogen and oxygen atoms in total. The summed E-state index contributed by atoms with van der Waals surface area (Å²) in [5, 5.41) is 3.43. The van der Waals surface area contributed by atoms with Crippen molar-refractivity contribution in [2.75, 3.05) is 13.1 Å². The highest BCUT2D eigenvalue weighted by atomic mass is 19.1. The Bertz CT molecular complexity index is 461. The lowest BCUT2D eigenvalue weighted by molar-refractivity contribution is 0.0575. The predicted molar refractivity (Wildman–Crippen MR) is 73.5 cm³/mol. The van der Waals surface area contributed by atoms with Crippen molar-refractivity contribution in [3.05, 3.63) is 35.6 Å². The number of benzene rings is 1. The Labute approximate surface area is 113 Å². The molecular weight excluding hydrogens is 243 g/mol. The van der Waals surface area contributed by atoms with Crippen LogP contribution in [-0.4, -0.2) is 36.0 Å². The third-order valence-corrected chi connectivity index (χ3v) is 3.77. The van der Waals surface area contributed by atoms with Crippen molar-refractivity contribution in [3.8, 4) is 0 Å². The predicted octanol–water partition coefficient (Wildman–Crippen LogP) is 2.28. The van der Waals surface area contributed by atoms with E-state index in [-0.39, 0.29) is 23.6 Å². The second-order valence-corrected chi connectivity index (χ2v) is 5.55. The Morgan fingerprint density at radius 2 is 2.11 bits per heavy atom. The van der Waals surface area contributed by atoms with Gasteiger partial charge >= 0.3 is 0 Å². The molecule has 1 heterocycles. The molecule has 1 amide bonds. The zero-order valence-corrected chi connectivity index (χ0v) is 11.7. The molecule has 2 unspecified atom stereocenters. The molecule has 2 rings (SSSR count). The maximum Gasteiger partial charge on any atom is 0.257 e. The summed E-state index contributed by atoms with van der Waals surface area (Å²) in [5.41, 5.74) is 0.166. The first kappa shape index (κ1) is 14.0. The van der Waals surface area contributed by atoms with Gasteiger partial charge in [-0.1, -0.05) is 26.0 Å². The van der Waals surface area contributed by atoms with Crippen molar-refractivity contribution in [3.63, 3.8) is 0 Å². The van der Waals surface area contributed by atoms with Crippen LogP contribution < -0.4 is 5.32 Å². The summed E-state index contributed by atoms with van der Waals surface area (Å²) in [6.45, 7) is 7.62. The molecule has 0 aromatic heterocycles. The van der Waals surface area contributed by atoms with Gasteiger partial charge in [0.05, 0.1) is 5.56 Å². The second kappa shape index (κ2) is 5.70. The standard InChI is InChI=1S/C15H21FN2O/c1-10(2)14-9-18(11(3)8-17-14)15(19)12-6-4-5-7-13(12)16/h4-7,10-11,14,17H,8-9H2,1-3H3. The Balaban J connectivity index is 2.19. The molecule has 1 saturated heterocycles. The molecule has 1 aromatic rings. The van der Waals surface area contributed by atoms with Crippen LogP contribution in [0.15, 0.2) is 24.3 Å². The summed E-state index contributed by atoms with van der Waals surface area (Å²) in [5.74, 6) is -0.208. The summed E-state index contributed by atoms with van der Waals surface area (Å²) in [7, 11) is 0. The third-order valence-electron chi connectivity index (χ3n) is 3.77. The number of piperazine rings is 1. The van der Waals surface area contributed by atoms with Gasteiger partial charge in [0.15, 0.2) is 0 Å². The van der Waals surface area contributed by atoms with Crippen LogP contribution in [0, 0.1) is 11.7 Å². The van der Waals surface area contributed by atoms with E-state index in [9.17, 15) is 9.18 Å². The SMILES string of the molecule is CC(C)C1CN(C(=O)c2ccccc2F)C(C)CN1. The van der Waals surface area contributed by atoms with Gasteiger partial charge < -0.3 is 10.2 Å². The van der Waals surface area contributed by atoms with Crippen LogP contribution in [0.4, 0.5) is 4.39 Å². The molecule has 1 fully saturated rings. The number of nitrogens with zero attached hydrogens (tertiary/aromatic N) is 1. The summed E-state index contributed by atoms with van der Waals surface area (Å²) in [6.07, 6.45) is 0. The lowest BCUT2D eigenvalue weighted by Gasteiger charge is -2.40. The molecule has 0 bridgehead atoms. The summed E-state index contributed by atoms with van der Waals surface area (Å²) in [4.78, 5) is 14.2. The first-order chi connectivity index (χ1) is 9.00. The van der Waals surface area contributed by atoms with Gasteiger partial charge in [-0.25, -0.2) is 4.39 Å². The van der Waals surface area contributed by atoms with E-state index in [0.717, 1.165) is 6.54 Å². The highest BCUT2D eigenvalue weighted by molar-refractivity contribution is 5.94. The highest BCUT2D eigenvalue weighted by Gasteiger charge is 2.31. The van der Waals surface area contributed by atoms with E-state index >= 15 is 0 Å². The molecule has 0 radical (unpaired) electrons. The molecule has 19 heavy (non-hydrogen) atoms. The number of hydrogen-bond donors (Lipinski definition) is 1. The van der Waals surface area contributed by atoms with Crippen molar-refractivity contribution < 1.29 is 9.18 Å². The number of amides is 1. The normalized spacial score (nSPS) is 23.7. The van der Waals surface area contributed by atoms with Crippen LogP contribution in [0.5, 0.6) is 0 Å². The van der Waals surface area contributed by atoms with Crippen LogP contribution in [-0.2, 0) is 0 Å². The zero-order chi connectivity index (χ0) is 14.0. The molecular formula is C15H21FN2O. The average Bonchev–Trinajstić information content (AvgIpc) is 2.38. The van der Waals surface area contributed by atoms with Gasteiger partial charge in [0.2, 0.25) is 0 Å². The van der Waals surface area contributed by atoms with Gasteiger partial charge in [0.25, 0.3) is 5.91 Å². The van der Waals surface area contributed by atoms with E-state index in [2.05, 4.69) is 19.2 Å². The lowest BCUT2D eigenvalue weighted by Crippen LogP contribution is -2.58. The largest absolute Gasteiger partial charge is 0.333 e. The van der Waals surface area contributed by atoms with Gasteiger partial charge in [0.1, 0.15) is 5.82 Å². The second-order valence-electron chi connectivity index (χ2n) is 5.55. The van der Waals surface area contributed by atoms with E-state index in [1.54, 1.807) is 23.1 Å². The molecule has 104 valence electrons. The van der Waals surface area contributed by atoms with Gasteiger partial charge in [-0.3, -0.25) is 4.79 Å². The maximum atomic E-state index is 13.7. The Hall–Kier alpha value is -1.42. The maximum absolute atomic E-state index is 13.7. The zero-order valence-electron chi connectivity index (χ0n) is 11.7. The minimum absolute atomic E-state index is 0.0853. The number of hydrogen-bond acceptors (Lipinski definition) is 2. The van der Waals surface area contributed by atoms with Crippen molar-refractivity contribution in [2.45, 2.75) is 32.9 Å². The number of carbonyl (C=O) groups is 1. The first-order valence-corrected chi connectivity index (χ1v) is 6.79. The molecule has 0 aliphatic carbocycles. The first-order valence-electron chi connectivity index (χ1n) is 6.79. The fourth-order valence-electron chi connectivity index (χ4n) is 2.41. The fraction of sp³-hybridized carbons (Fsp3) is 0.533. The van der Waals surface area contributed by atoms with Crippen molar-refractivity contribution in [2.24, 2.45) is 5.92 Å². The molecule has 0 spiro atoms. The van der Waals surface area contributed by atoms with Crippen LogP contribution in [0.2, 0.25) is 0 Å². The van der Waals surface area contributed by atoms with E-state index < -0.39 is 5.82 Å². The molecule has 4 heteroatoms. The highest BCUT2D eigenvalue weighted by Crippen LogP contribution is 2.17. The van der Waals surface area contributed by atoms with Crippen LogP contribution >= 0.6 is 0 Å². The van der Waals surface area contributed by atoms with Gasteiger partial charge in [-0.2, -0.15) is 0 Å². The third kappa shape index (κ3) is 2.95. The van der Waals surface area contributed by atoms with Gasteiger partial charge in [-0.15, -0.1) is 0 Å². The van der Waals surface area contributed by atoms with Crippen molar-refractivity contribution in [1.82, 2.24) is 10.2 Å². The van der Waals surface area contributed by atoms with Crippen LogP contribution in [0.3, 0.4) is 0 Å². The summed E-state index contributed by atoms with van der Waals surface area (Å²) in [6, 6.07) is 6.54. The van der Waals surface area contributed by atoms with E-state index in [1.165, 1.54) is 6.07 Å². The average molecular weight is 264 g/mol. The Morgan fingerprint density at radius 3 is 2.74 bits per heavy atom. The topological polar surface area (TPSA) is 32.3 Å². The summed E-state index contributed by atoms with van der Waals surface area (Å²) < 4.78 is 13.7. The van der Waals surface area contributed by atoms with Crippen molar-refractivity contribution >= 4 is 5.91 Å². The van der Waals surface area contributed by atoms with Gasteiger partial charge in [0, 0.05) is 25.2 Å². The molecule has 0 saturated carbocycles. The lowest BCUT2D eigenvalue weighted by atomic mass is 9.99. The van der Waals surface area contributed by atoms with E-state index in [0.29, 0.717) is 12.5 Å². The number of nitrogens with one attached hydrogen (secondary N) is 1. The minimum atomic E-state index is -0.445. The van der Waals surface area contributed by atoms with E-state index in [1.807, 2.05) is 6.92 Å². The van der Waals surface area contributed by atoms with Crippen LogP contribution in [0.25, 0.3) is 0 Å². The number of rotatable bonds is 2. The van der Waals surface area contributed by atoms with Crippen LogP contribution in [0.1, 0.15) is 31.1 Å².